The molecule has 4 rings (SSSR count). The van der Waals surface area contributed by atoms with Crippen LogP contribution >= 0.6 is 23.2 Å². The van der Waals surface area contributed by atoms with E-state index in [0.717, 1.165) is 24.4 Å². The van der Waals surface area contributed by atoms with E-state index >= 15 is 0 Å². The lowest BCUT2D eigenvalue weighted by atomic mass is 9.98. The van der Waals surface area contributed by atoms with Gasteiger partial charge in [0.1, 0.15) is 6.54 Å². The number of amides is 2. The standard InChI is InChI=1S/C19H16Cl2N2O2/c20-14-7-15(21)9-16(8-14)23-18(24)10-17(19(23)25)22-6-5-12-3-1-2-4-13(12)11-22/h1-4,7-9,17H,5-6,10-11H2/p+1/t17-/m0/s1. The Hall–Kier alpha value is -1.88. The van der Waals surface area contributed by atoms with Crippen LogP contribution in [0.2, 0.25) is 10.0 Å². The fourth-order valence-corrected chi connectivity index (χ4v) is 4.30. The predicted molar refractivity (Wildman–Crippen MR) is 97.0 cm³/mol. The number of benzene rings is 2. The van der Waals surface area contributed by atoms with Crippen LogP contribution in [0.4, 0.5) is 5.69 Å². The summed E-state index contributed by atoms with van der Waals surface area (Å²) in [5.41, 5.74) is 3.04. The maximum Gasteiger partial charge on any atom is 0.292 e. The van der Waals surface area contributed by atoms with Crippen LogP contribution in [0.15, 0.2) is 42.5 Å². The number of carbonyl (C=O) groups is 2. The Morgan fingerprint density at radius 2 is 1.68 bits per heavy atom. The minimum Gasteiger partial charge on any atom is -0.320 e. The van der Waals surface area contributed by atoms with Crippen LogP contribution in [0, 0.1) is 0 Å². The second kappa shape index (κ2) is 6.45. The van der Waals surface area contributed by atoms with E-state index in [-0.39, 0.29) is 24.3 Å². The zero-order valence-corrected chi connectivity index (χ0v) is 15.0. The van der Waals surface area contributed by atoms with Crippen LogP contribution in [0.25, 0.3) is 0 Å². The summed E-state index contributed by atoms with van der Waals surface area (Å²) in [5.74, 6) is -0.364. The first-order valence-corrected chi connectivity index (χ1v) is 9.03. The smallest absolute Gasteiger partial charge is 0.292 e. The number of quaternary nitrogens is 1. The zero-order valence-electron chi connectivity index (χ0n) is 13.5. The van der Waals surface area contributed by atoms with E-state index in [1.54, 1.807) is 18.2 Å². The molecule has 2 aromatic carbocycles. The molecule has 2 amide bonds. The van der Waals surface area contributed by atoms with Crippen molar-refractivity contribution in [3.8, 4) is 0 Å². The van der Waals surface area contributed by atoms with Crippen LogP contribution in [0.5, 0.6) is 0 Å². The van der Waals surface area contributed by atoms with Crippen LogP contribution < -0.4 is 9.80 Å². The lowest BCUT2D eigenvalue weighted by molar-refractivity contribution is -0.930. The largest absolute Gasteiger partial charge is 0.320 e. The number of hydrogen-bond donors (Lipinski definition) is 1. The molecule has 0 aliphatic carbocycles. The van der Waals surface area contributed by atoms with Crippen LogP contribution in [0.1, 0.15) is 17.5 Å². The summed E-state index contributed by atoms with van der Waals surface area (Å²) in [5, 5.41) is 0.816. The normalized spacial score (nSPS) is 23.0. The Morgan fingerprint density at radius 3 is 2.40 bits per heavy atom. The SMILES string of the molecule is O=C1C[C@H]([NH+]2CCc3ccccc3C2)C(=O)N1c1cc(Cl)cc(Cl)c1. The van der Waals surface area contributed by atoms with Gasteiger partial charge in [0.2, 0.25) is 5.91 Å². The summed E-state index contributed by atoms with van der Waals surface area (Å²) in [7, 11) is 0. The first kappa shape index (κ1) is 16.6. The molecule has 0 radical (unpaired) electrons. The monoisotopic (exact) mass is 375 g/mol. The van der Waals surface area contributed by atoms with Gasteiger partial charge in [0.15, 0.2) is 6.04 Å². The summed E-state index contributed by atoms with van der Waals surface area (Å²) >= 11 is 12.1. The Labute approximate surface area is 155 Å². The average Bonchev–Trinajstić information content (AvgIpc) is 2.88. The molecule has 2 atom stereocenters. The number of rotatable bonds is 2. The van der Waals surface area contributed by atoms with E-state index in [2.05, 4.69) is 12.1 Å². The van der Waals surface area contributed by atoms with E-state index in [0.29, 0.717) is 15.7 Å². The molecular formula is C19H17Cl2N2O2+. The molecule has 2 aromatic rings. The second-order valence-corrected chi connectivity index (χ2v) is 7.43. The summed E-state index contributed by atoms with van der Waals surface area (Å²) in [4.78, 5) is 27.8. The van der Waals surface area contributed by atoms with Gasteiger partial charge in [-0.15, -0.1) is 0 Å². The highest BCUT2D eigenvalue weighted by Crippen LogP contribution is 2.29. The van der Waals surface area contributed by atoms with Crippen LogP contribution in [0.3, 0.4) is 0 Å². The van der Waals surface area contributed by atoms with Gasteiger partial charge in [-0.3, -0.25) is 9.59 Å². The minimum atomic E-state index is -0.349. The van der Waals surface area contributed by atoms with Crippen molar-refractivity contribution in [3.63, 3.8) is 0 Å². The van der Waals surface area contributed by atoms with Gasteiger partial charge in [-0.25, -0.2) is 4.90 Å². The number of imide groups is 1. The lowest BCUT2D eigenvalue weighted by Gasteiger charge is -2.29. The fourth-order valence-electron chi connectivity index (χ4n) is 3.79. The van der Waals surface area contributed by atoms with Crippen molar-refractivity contribution in [1.29, 1.82) is 0 Å². The molecule has 6 heteroatoms. The number of carbonyl (C=O) groups excluding carboxylic acids is 2. The van der Waals surface area contributed by atoms with Gasteiger partial charge >= 0.3 is 0 Å². The highest BCUT2D eigenvalue weighted by atomic mass is 35.5. The maximum absolute atomic E-state index is 12.9. The molecule has 4 nitrogen and oxygen atoms in total. The molecule has 1 fully saturated rings. The van der Waals surface area contributed by atoms with Crippen LogP contribution in [-0.4, -0.2) is 24.4 Å². The molecule has 2 aliphatic rings. The Balaban J connectivity index is 1.60. The molecule has 1 saturated heterocycles. The van der Waals surface area contributed by atoms with Crippen molar-refractivity contribution in [2.75, 3.05) is 11.4 Å². The fraction of sp³-hybridized carbons (Fsp3) is 0.263. The molecule has 1 unspecified atom stereocenters. The summed E-state index contributed by atoms with van der Waals surface area (Å²) in [6.45, 7) is 1.62. The van der Waals surface area contributed by atoms with Gasteiger partial charge in [0.05, 0.1) is 18.7 Å². The third kappa shape index (κ3) is 3.06. The molecule has 0 spiro atoms. The van der Waals surface area contributed by atoms with E-state index < -0.39 is 0 Å². The van der Waals surface area contributed by atoms with E-state index in [9.17, 15) is 9.59 Å². The summed E-state index contributed by atoms with van der Waals surface area (Å²) in [6.07, 6.45) is 1.15. The van der Waals surface area contributed by atoms with E-state index in [1.807, 2.05) is 12.1 Å². The maximum atomic E-state index is 12.9. The third-order valence-corrected chi connectivity index (χ3v) is 5.43. The van der Waals surface area contributed by atoms with Crippen molar-refractivity contribution >= 4 is 40.7 Å². The first-order valence-electron chi connectivity index (χ1n) is 8.27. The third-order valence-electron chi connectivity index (χ3n) is 5.00. The lowest BCUT2D eigenvalue weighted by Crippen LogP contribution is -3.16. The summed E-state index contributed by atoms with van der Waals surface area (Å²) < 4.78 is 0. The van der Waals surface area contributed by atoms with Gasteiger partial charge in [0, 0.05) is 22.0 Å². The van der Waals surface area contributed by atoms with Crippen molar-refractivity contribution < 1.29 is 14.5 Å². The Kier molecular flexibility index (Phi) is 4.28. The van der Waals surface area contributed by atoms with Gasteiger partial charge in [-0.05, 0) is 23.8 Å². The average molecular weight is 376 g/mol. The number of hydrogen-bond acceptors (Lipinski definition) is 2. The van der Waals surface area contributed by atoms with Gasteiger partial charge < -0.3 is 4.90 Å². The van der Waals surface area contributed by atoms with E-state index in [1.165, 1.54) is 16.0 Å². The second-order valence-electron chi connectivity index (χ2n) is 6.56. The summed E-state index contributed by atoms with van der Waals surface area (Å²) in [6, 6.07) is 12.7. The highest BCUT2D eigenvalue weighted by molar-refractivity contribution is 6.35. The quantitative estimate of drug-likeness (QED) is 0.818. The number of nitrogens with zero attached hydrogens (tertiary/aromatic N) is 1. The molecule has 1 N–H and O–H groups in total. The number of halogens is 2. The van der Waals surface area contributed by atoms with Gasteiger partial charge in [0.25, 0.3) is 5.91 Å². The van der Waals surface area contributed by atoms with Crippen molar-refractivity contribution in [2.24, 2.45) is 0 Å². The molecular weight excluding hydrogens is 359 g/mol. The van der Waals surface area contributed by atoms with Gasteiger partial charge in [-0.1, -0.05) is 47.5 Å². The number of nitrogens with one attached hydrogen (secondary N) is 1. The van der Waals surface area contributed by atoms with E-state index in [4.69, 9.17) is 23.2 Å². The molecule has 25 heavy (non-hydrogen) atoms. The molecule has 0 saturated carbocycles. The zero-order chi connectivity index (χ0) is 17.6. The topological polar surface area (TPSA) is 41.8 Å². The molecule has 0 aromatic heterocycles. The molecule has 0 bridgehead atoms. The van der Waals surface area contributed by atoms with Crippen LogP contribution in [-0.2, 0) is 22.6 Å². The Bertz CT molecular complexity index is 848. The highest BCUT2D eigenvalue weighted by Gasteiger charge is 2.46. The van der Waals surface area contributed by atoms with Crippen molar-refractivity contribution in [2.45, 2.75) is 25.4 Å². The Morgan fingerprint density at radius 1 is 1.00 bits per heavy atom. The van der Waals surface area contributed by atoms with Crippen molar-refractivity contribution in [1.82, 2.24) is 0 Å². The van der Waals surface area contributed by atoms with Crippen molar-refractivity contribution in [3.05, 3.63) is 63.6 Å². The molecule has 2 heterocycles. The predicted octanol–water partition coefficient (Wildman–Crippen LogP) is 2.27. The minimum absolute atomic E-state index is 0.169. The molecule has 128 valence electrons. The molecule has 2 aliphatic heterocycles. The number of anilines is 1. The number of fused-ring (bicyclic) bond motifs is 1. The first-order chi connectivity index (χ1) is 12.0. The van der Waals surface area contributed by atoms with Gasteiger partial charge in [-0.2, -0.15) is 0 Å².